The Morgan fingerprint density at radius 3 is 2.40 bits per heavy atom. The summed E-state index contributed by atoms with van der Waals surface area (Å²) < 4.78 is 0. The predicted molar refractivity (Wildman–Crippen MR) is 108 cm³/mol. The van der Waals surface area contributed by atoms with Gasteiger partial charge in [0.25, 0.3) is 0 Å². The van der Waals surface area contributed by atoms with E-state index in [4.69, 9.17) is 0 Å². The van der Waals surface area contributed by atoms with Crippen LogP contribution in [0.1, 0.15) is 117 Å². The van der Waals surface area contributed by atoms with Crippen LogP contribution in [0.4, 0.5) is 0 Å². The summed E-state index contributed by atoms with van der Waals surface area (Å²) in [6.45, 7) is 4.82. The van der Waals surface area contributed by atoms with E-state index >= 15 is 0 Å². The molecule has 2 nitrogen and oxygen atoms in total. The maximum Gasteiger partial charge on any atom is 0.216 e. The van der Waals surface area contributed by atoms with E-state index in [-0.39, 0.29) is 5.91 Å². The van der Waals surface area contributed by atoms with Crippen molar-refractivity contribution in [2.45, 2.75) is 117 Å². The van der Waals surface area contributed by atoms with Crippen LogP contribution in [0.15, 0.2) is 0 Å². The van der Waals surface area contributed by atoms with Gasteiger partial charge in [0.15, 0.2) is 0 Å². The lowest BCUT2D eigenvalue weighted by Gasteiger charge is -2.43. The molecule has 2 rings (SSSR count). The van der Waals surface area contributed by atoms with Crippen molar-refractivity contribution in [3.8, 4) is 0 Å². The lowest BCUT2D eigenvalue weighted by molar-refractivity contribution is -0.118. The molecule has 0 aromatic carbocycles. The van der Waals surface area contributed by atoms with Crippen molar-refractivity contribution >= 4 is 5.91 Å². The van der Waals surface area contributed by atoms with Crippen molar-refractivity contribution in [1.29, 1.82) is 0 Å². The number of unbranched alkanes of at least 4 members (excludes halogenated alkanes) is 3. The highest BCUT2D eigenvalue weighted by molar-refractivity contribution is 5.72. The molecule has 2 atom stereocenters. The van der Waals surface area contributed by atoms with Gasteiger partial charge in [-0.1, -0.05) is 64.7 Å². The summed E-state index contributed by atoms with van der Waals surface area (Å²) in [6, 6.07) is 0. The molecule has 2 aliphatic carbocycles. The number of amides is 1. The summed E-state index contributed by atoms with van der Waals surface area (Å²) in [5.41, 5.74) is 0.686. The van der Waals surface area contributed by atoms with E-state index in [0.29, 0.717) is 5.41 Å². The second-order valence-electron chi connectivity index (χ2n) is 9.08. The third-order valence-electron chi connectivity index (χ3n) is 7.26. The zero-order chi connectivity index (χ0) is 18.0. The van der Waals surface area contributed by atoms with Gasteiger partial charge in [-0.3, -0.25) is 4.79 Å². The van der Waals surface area contributed by atoms with Crippen LogP contribution in [0, 0.1) is 17.3 Å². The zero-order valence-electron chi connectivity index (χ0n) is 17.1. The topological polar surface area (TPSA) is 29.1 Å². The monoisotopic (exact) mass is 349 g/mol. The Morgan fingerprint density at radius 1 is 0.920 bits per heavy atom. The lowest BCUT2D eigenvalue weighted by Crippen LogP contribution is -2.32. The fraction of sp³-hybridized carbons (Fsp3) is 0.957. The summed E-state index contributed by atoms with van der Waals surface area (Å²) >= 11 is 0. The van der Waals surface area contributed by atoms with E-state index in [1.165, 1.54) is 96.3 Å². The predicted octanol–water partition coefficient (Wildman–Crippen LogP) is 6.63. The number of hydrogen-bond donors (Lipinski definition) is 1. The molecule has 0 bridgehead atoms. The maximum atomic E-state index is 11.0. The average molecular weight is 350 g/mol. The summed E-state index contributed by atoms with van der Waals surface area (Å²) in [5.74, 6) is 2.09. The van der Waals surface area contributed by atoms with Gasteiger partial charge in [-0.2, -0.15) is 0 Å². The third kappa shape index (κ3) is 6.94. The van der Waals surface area contributed by atoms with E-state index in [2.05, 4.69) is 12.2 Å². The molecule has 2 aliphatic rings. The minimum atomic E-state index is 0.119. The van der Waals surface area contributed by atoms with Crippen molar-refractivity contribution in [2.24, 2.45) is 17.3 Å². The molecule has 25 heavy (non-hydrogen) atoms. The SMILES string of the molecule is CCCCCC1CCC(CCCCNC(C)=O)C2(CCCCC2)CC1. The van der Waals surface area contributed by atoms with Gasteiger partial charge < -0.3 is 5.32 Å². The molecule has 0 radical (unpaired) electrons. The molecule has 0 aliphatic heterocycles. The molecular weight excluding hydrogens is 306 g/mol. The average Bonchev–Trinajstić information content (AvgIpc) is 2.76. The quantitative estimate of drug-likeness (QED) is 0.465. The van der Waals surface area contributed by atoms with Crippen molar-refractivity contribution in [2.75, 3.05) is 6.54 Å². The maximum absolute atomic E-state index is 11.0. The molecule has 146 valence electrons. The number of carbonyl (C=O) groups is 1. The van der Waals surface area contributed by atoms with Crippen molar-refractivity contribution in [3.05, 3.63) is 0 Å². The first-order chi connectivity index (χ1) is 12.2. The number of hydrogen-bond acceptors (Lipinski definition) is 1. The van der Waals surface area contributed by atoms with E-state index in [0.717, 1.165) is 24.8 Å². The van der Waals surface area contributed by atoms with Gasteiger partial charge in [-0.05, 0) is 62.2 Å². The molecule has 2 saturated carbocycles. The van der Waals surface area contributed by atoms with Crippen LogP contribution in [0.3, 0.4) is 0 Å². The standard InChI is InChI=1S/C23H43NO/c1-3-4-6-11-21-13-14-22(12-7-10-19-24-20(2)25)23(18-15-21)16-8-5-9-17-23/h21-22H,3-19H2,1-2H3,(H,24,25). The normalized spacial score (nSPS) is 26.3. The van der Waals surface area contributed by atoms with Crippen LogP contribution < -0.4 is 5.32 Å². The Kier molecular flexibility index (Phi) is 9.34. The first-order valence-electron chi connectivity index (χ1n) is 11.4. The molecule has 0 aromatic heterocycles. The summed E-state index contributed by atoms with van der Waals surface area (Å²) in [7, 11) is 0. The molecule has 2 heteroatoms. The summed E-state index contributed by atoms with van der Waals surface area (Å²) in [4.78, 5) is 11.0. The van der Waals surface area contributed by atoms with E-state index in [1.807, 2.05) is 0 Å². The molecule has 1 amide bonds. The van der Waals surface area contributed by atoms with E-state index < -0.39 is 0 Å². The first kappa shape index (κ1) is 20.8. The number of rotatable bonds is 9. The highest BCUT2D eigenvalue weighted by Crippen LogP contribution is 2.53. The molecular formula is C23H43NO. The number of nitrogens with one attached hydrogen (secondary N) is 1. The molecule has 0 saturated heterocycles. The van der Waals surface area contributed by atoms with Gasteiger partial charge in [-0.25, -0.2) is 0 Å². The first-order valence-corrected chi connectivity index (χ1v) is 11.4. The van der Waals surface area contributed by atoms with Gasteiger partial charge in [0.2, 0.25) is 5.91 Å². The molecule has 1 N–H and O–H groups in total. The van der Waals surface area contributed by atoms with Crippen LogP contribution >= 0.6 is 0 Å². The van der Waals surface area contributed by atoms with Gasteiger partial charge >= 0.3 is 0 Å². The molecule has 2 fully saturated rings. The molecule has 2 unspecified atom stereocenters. The van der Waals surface area contributed by atoms with Crippen molar-refractivity contribution < 1.29 is 4.79 Å². The molecule has 0 aromatic rings. The van der Waals surface area contributed by atoms with Crippen LogP contribution in [-0.4, -0.2) is 12.5 Å². The zero-order valence-corrected chi connectivity index (χ0v) is 17.1. The Bertz CT molecular complexity index is 372. The fourth-order valence-corrected chi connectivity index (χ4v) is 5.70. The lowest BCUT2D eigenvalue weighted by atomic mass is 9.62. The van der Waals surface area contributed by atoms with Crippen LogP contribution in [0.5, 0.6) is 0 Å². The summed E-state index contributed by atoms with van der Waals surface area (Å²) in [5, 5.41) is 2.96. The van der Waals surface area contributed by atoms with Crippen molar-refractivity contribution in [1.82, 2.24) is 5.32 Å². The van der Waals surface area contributed by atoms with Crippen LogP contribution in [-0.2, 0) is 4.79 Å². The van der Waals surface area contributed by atoms with Crippen LogP contribution in [0.25, 0.3) is 0 Å². The minimum Gasteiger partial charge on any atom is -0.356 e. The fourth-order valence-electron chi connectivity index (χ4n) is 5.70. The highest BCUT2D eigenvalue weighted by Gasteiger charge is 2.40. The largest absolute Gasteiger partial charge is 0.356 e. The Labute approximate surface area is 156 Å². The summed E-state index contributed by atoms with van der Waals surface area (Å²) in [6.07, 6.45) is 23.0. The van der Waals surface area contributed by atoms with Gasteiger partial charge in [-0.15, -0.1) is 0 Å². The smallest absolute Gasteiger partial charge is 0.216 e. The Hall–Kier alpha value is -0.530. The van der Waals surface area contributed by atoms with Gasteiger partial charge in [0, 0.05) is 13.5 Å². The number of carbonyl (C=O) groups excluding carboxylic acids is 1. The van der Waals surface area contributed by atoms with Gasteiger partial charge in [0.05, 0.1) is 0 Å². The van der Waals surface area contributed by atoms with E-state index in [1.54, 1.807) is 6.92 Å². The Balaban J connectivity index is 1.85. The Morgan fingerprint density at radius 2 is 1.68 bits per heavy atom. The van der Waals surface area contributed by atoms with Crippen molar-refractivity contribution in [3.63, 3.8) is 0 Å². The second-order valence-corrected chi connectivity index (χ2v) is 9.08. The van der Waals surface area contributed by atoms with Crippen LogP contribution in [0.2, 0.25) is 0 Å². The van der Waals surface area contributed by atoms with Gasteiger partial charge in [0.1, 0.15) is 0 Å². The minimum absolute atomic E-state index is 0.119. The second kappa shape index (κ2) is 11.2. The highest BCUT2D eigenvalue weighted by atomic mass is 16.1. The molecule has 1 spiro atoms. The molecule has 0 heterocycles. The third-order valence-corrected chi connectivity index (χ3v) is 7.26. The van der Waals surface area contributed by atoms with E-state index in [9.17, 15) is 4.79 Å².